The van der Waals surface area contributed by atoms with Crippen molar-refractivity contribution in [1.82, 2.24) is 0 Å². The third-order valence-electron chi connectivity index (χ3n) is 2.88. The molecule has 3 aromatic rings. The molecule has 0 atom stereocenters. The zero-order valence-corrected chi connectivity index (χ0v) is 13.6. The minimum atomic E-state index is -0.510. The van der Waals surface area contributed by atoms with Crippen LogP contribution >= 0.6 is 0 Å². The van der Waals surface area contributed by atoms with Gasteiger partial charge in [-0.05, 0) is 12.1 Å². The van der Waals surface area contributed by atoms with E-state index in [-0.39, 0.29) is 28.5 Å². The fraction of sp³-hybridized carbons (Fsp3) is 0. The van der Waals surface area contributed by atoms with Gasteiger partial charge in [-0.2, -0.15) is 42.3 Å². The largest absolute Gasteiger partial charge is 2.00 e. The Morgan fingerprint density at radius 3 is 2.12 bits per heavy atom. The number of non-ortho nitro benzene ring substituents is 1. The average Bonchev–Trinajstić information content (AvgIpc) is 3.28. The molecule has 0 saturated carbocycles. The molecule has 0 amide bonds. The Morgan fingerprint density at radius 2 is 1.67 bits per heavy atom. The summed E-state index contributed by atoms with van der Waals surface area (Å²) >= 11 is 0. The van der Waals surface area contributed by atoms with Gasteiger partial charge in [-0.1, -0.05) is 5.92 Å². The van der Waals surface area contributed by atoms with Crippen molar-refractivity contribution in [2.75, 3.05) is 0 Å². The molecule has 0 aliphatic rings. The van der Waals surface area contributed by atoms with Gasteiger partial charge in [0.1, 0.15) is 0 Å². The molecule has 0 aliphatic carbocycles. The fourth-order valence-corrected chi connectivity index (χ4v) is 1.71. The SMILES string of the molecule is O=C(C#Cc1ccc[cH-]1)c1ccc([N+](=O)[O-])cc1.[Fe+2].c1cc[cH-]c1. The van der Waals surface area contributed by atoms with Crippen molar-refractivity contribution >= 4 is 11.5 Å². The number of rotatable bonds is 2. The van der Waals surface area contributed by atoms with Crippen molar-refractivity contribution < 1.29 is 26.8 Å². The molecule has 3 aromatic carbocycles. The minimum absolute atomic E-state index is 0. The normalized spacial score (nSPS) is 8.67. The maximum absolute atomic E-state index is 11.7. The summed E-state index contributed by atoms with van der Waals surface area (Å²) in [6.07, 6.45) is 0. The second-order valence-electron chi connectivity index (χ2n) is 4.52. The molecule has 0 N–H and O–H groups in total. The Bertz CT molecular complexity index is 791. The van der Waals surface area contributed by atoms with Crippen LogP contribution in [-0.4, -0.2) is 10.7 Å². The summed E-state index contributed by atoms with van der Waals surface area (Å²) in [6.45, 7) is 0. The molecule has 0 fully saturated rings. The van der Waals surface area contributed by atoms with Crippen molar-refractivity contribution in [2.24, 2.45) is 0 Å². The third kappa shape index (κ3) is 6.05. The summed E-state index contributed by atoms with van der Waals surface area (Å²) in [5.74, 6) is 4.86. The number of hydrogen-bond acceptors (Lipinski definition) is 3. The molecule has 120 valence electrons. The number of hydrogen-bond donors (Lipinski definition) is 0. The van der Waals surface area contributed by atoms with E-state index in [1.54, 1.807) is 12.1 Å². The van der Waals surface area contributed by atoms with Crippen LogP contribution in [-0.2, 0) is 17.1 Å². The van der Waals surface area contributed by atoms with Gasteiger partial charge >= 0.3 is 17.1 Å². The number of Topliss-reactive ketones (excluding diaryl/α,β-unsaturated/α-hetero) is 1. The standard InChI is InChI=1S/C14H8NO3.C5H5.Fe/c16-14(10-5-11-3-1-2-4-11)12-6-8-13(9-7-12)15(17)18;1-2-4-5-3-1;/h1-4,6-9H;1-5H;/q2*-1;+2. The summed E-state index contributed by atoms with van der Waals surface area (Å²) in [5, 5.41) is 10.5. The summed E-state index contributed by atoms with van der Waals surface area (Å²) in [5.41, 5.74) is 1.07. The smallest absolute Gasteiger partial charge is 0.280 e. The van der Waals surface area contributed by atoms with Crippen molar-refractivity contribution in [3.8, 4) is 11.8 Å². The van der Waals surface area contributed by atoms with E-state index in [4.69, 9.17) is 0 Å². The van der Waals surface area contributed by atoms with Crippen LogP contribution in [0.2, 0.25) is 0 Å². The molecule has 0 saturated heterocycles. The quantitative estimate of drug-likeness (QED) is 0.174. The zero-order valence-electron chi connectivity index (χ0n) is 12.5. The first-order valence-corrected chi connectivity index (χ1v) is 6.86. The Kier molecular flexibility index (Phi) is 7.93. The maximum atomic E-state index is 11.7. The number of carbonyl (C=O) groups is 1. The Hall–Kier alpha value is -2.93. The van der Waals surface area contributed by atoms with Gasteiger partial charge in [0.25, 0.3) is 5.69 Å². The van der Waals surface area contributed by atoms with Crippen LogP contribution in [0.3, 0.4) is 0 Å². The van der Waals surface area contributed by atoms with E-state index >= 15 is 0 Å². The van der Waals surface area contributed by atoms with E-state index in [9.17, 15) is 14.9 Å². The Balaban J connectivity index is 0.000000412. The zero-order chi connectivity index (χ0) is 16.5. The van der Waals surface area contributed by atoms with Crippen molar-refractivity contribution in [2.45, 2.75) is 0 Å². The van der Waals surface area contributed by atoms with E-state index in [1.165, 1.54) is 24.3 Å². The van der Waals surface area contributed by atoms with Gasteiger partial charge in [-0.3, -0.25) is 14.9 Å². The summed E-state index contributed by atoms with van der Waals surface area (Å²) in [7, 11) is 0. The molecule has 0 unspecified atom stereocenters. The number of carbonyl (C=O) groups excluding carboxylic acids is 1. The predicted octanol–water partition coefficient (Wildman–Crippen LogP) is 3.95. The van der Waals surface area contributed by atoms with Gasteiger partial charge in [0.2, 0.25) is 5.78 Å². The fourth-order valence-electron chi connectivity index (χ4n) is 1.71. The monoisotopic (exact) mass is 359 g/mol. The van der Waals surface area contributed by atoms with Crippen LogP contribution in [0.4, 0.5) is 5.69 Å². The molecule has 24 heavy (non-hydrogen) atoms. The van der Waals surface area contributed by atoms with E-state index < -0.39 is 4.92 Å². The van der Waals surface area contributed by atoms with Crippen molar-refractivity contribution in [3.05, 3.63) is 100 Å². The van der Waals surface area contributed by atoms with E-state index in [0.717, 1.165) is 5.56 Å². The van der Waals surface area contributed by atoms with Gasteiger partial charge < -0.3 is 0 Å². The van der Waals surface area contributed by atoms with Gasteiger partial charge in [-0.25, -0.2) is 12.1 Å². The molecule has 4 nitrogen and oxygen atoms in total. The first kappa shape index (κ1) is 19.1. The number of nitro benzene ring substituents is 1. The third-order valence-corrected chi connectivity index (χ3v) is 2.88. The van der Waals surface area contributed by atoms with Crippen molar-refractivity contribution in [3.63, 3.8) is 0 Å². The number of nitrogens with zero attached hydrogens (tertiary/aromatic N) is 1. The molecule has 0 radical (unpaired) electrons. The number of ketones is 1. The maximum Gasteiger partial charge on any atom is 2.00 e. The number of benzene rings is 1. The summed E-state index contributed by atoms with van der Waals surface area (Å²) < 4.78 is 0. The van der Waals surface area contributed by atoms with Gasteiger partial charge in [0.05, 0.1) is 4.92 Å². The van der Waals surface area contributed by atoms with Gasteiger partial charge in [-0.15, -0.1) is 11.6 Å². The molecule has 0 aliphatic heterocycles. The molecule has 0 aromatic heterocycles. The molecular formula is C19H13FeNO3. The second kappa shape index (κ2) is 9.96. The summed E-state index contributed by atoms with van der Waals surface area (Å²) in [4.78, 5) is 21.6. The average molecular weight is 359 g/mol. The van der Waals surface area contributed by atoms with Gasteiger partial charge in [0, 0.05) is 17.7 Å². The minimum Gasteiger partial charge on any atom is -0.280 e. The van der Waals surface area contributed by atoms with Crippen LogP contribution < -0.4 is 0 Å². The molecule has 0 heterocycles. The first-order valence-electron chi connectivity index (χ1n) is 6.86. The topological polar surface area (TPSA) is 60.2 Å². The Morgan fingerprint density at radius 1 is 1.00 bits per heavy atom. The van der Waals surface area contributed by atoms with Crippen LogP contribution in [0.1, 0.15) is 15.9 Å². The van der Waals surface area contributed by atoms with E-state index in [0.29, 0.717) is 5.56 Å². The molecule has 5 heteroatoms. The van der Waals surface area contributed by atoms with Crippen LogP contribution in [0.5, 0.6) is 0 Å². The summed E-state index contributed by atoms with van der Waals surface area (Å²) in [6, 6.07) is 22.7. The predicted molar refractivity (Wildman–Crippen MR) is 88.4 cm³/mol. The van der Waals surface area contributed by atoms with Gasteiger partial charge in [0.15, 0.2) is 0 Å². The van der Waals surface area contributed by atoms with Crippen LogP contribution in [0.15, 0.2) is 78.9 Å². The van der Waals surface area contributed by atoms with Crippen LogP contribution in [0.25, 0.3) is 0 Å². The van der Waals surface area contributed by atoms with Crippen LogP contribution in [0, 0.1) is 22.0 Å². The second-order valence-corrected chi connectivity index (χ2v) is 4.52. The first-order chi connectivity index (χ1) is 11.2. The molecule has 0 spiro atoms. The molecule has 3 rings (SSSR count). The van der Waals surface area contributed by atoms with Crippen molar-refractivity contribution in [1.29, 1.82) is 0 Å². The number of nitro groups is 1. The van der Waals surface area contributed by atoms with E-state index in [1.807, 2.05) is 42.5 Å². The Labute approximate surface area is 150 Å². The molecule has 0 bridgehead atoms. The van der Waals surface area contributed by atoms with E-state index in [2.05, 4.69) is 11.8 Å². The molecular weight excluding hydrogens is 346 g/mol.